The summed E-state index contributed by atoms with van der Waals surface area (Å²) in [5.41, 5.74) is 15.1. The van der Waals surface area contributed by atoms with Crippen molar-refractivity contribution in [2.45, 2.75) is 115 Å². The molecule has 4 amide bonds. The van der Waals surface area contributed by atoms with Crippen LogP contribution in [-0.2, 0) is 97.7 Å². The van der Waals surface area contributed by atoms with E-state index in [0.29, 0.717) is 58.5 Å². The molecule has 4 aliphatic heterocycles. The normalized spacial score (nSPS) is 14.7. The molecule has 0 unspecified atom stereocenters. The van der Waals surface area contributed by atoms with Crippen LogP contribution < -0.4 is 31.4 Å². The van der Waals surface area contributed by atoms with Crippen molar-refractivity contribution in [2.75, 3.05) is 32.3 Å². The third-order valence-electron chi connectivity index (χ3n) is 16.7. The molecule has 4 aliphatic rings. The lowest BCUT2D eigenvalue weighted by molar-refractivity contribution is 0.0698. The summed E-state index contributed by atoms with van der Waals surface area (Å²) in [6, 6.07) is 36.8. The molecule has 31 heteroatoms. The predicted molar refractivity (Wildman–Crippen MR) is 357 cm³/mol. The molecular formula is C67H77FN8O18S4. The zero-order chi connectivity index (χ0) is 71.7. The van der Waals surface area contributed by atoms with E-state index in [1.165, 1.54) is 48.0 Å². The third kappa shape index (κ3) is 17.1. The van der Waals surface area contributed by atoms with Gasteiger partial charge in [-0.2, -0.15) is 17.2 Å². The monoisotopic (exact) mass is 1430 g/mol. The Balaban J connectivity index is 0.000000170. The molecule has 4 heterocycles. The first-order chi connectivity index (χ1) is 46.4. The van der Waals surface area contributed by atoms with E-state index in [2.05, 4.69) is 20.8 Å². The highest BCUT2D eigenvalue weighted by Gasteiger charge is 2.36. The van der Waals surface area contributed by atoms with Crippen molar-refractivity contribution < 1.29 is 87.5 Å². The smallest absolute Gasteiger partial charge is 0.277 e. The van der Waals surface area contributed by atoms with E-state index in [1.54, 1.807) is 109 Å². The maximum Gasteiger partial charge on any atom is 0.277 e. The molecule has 0 atom stereocenters. The van der Waals surface area contributed by atoms with Crippen molar-refractivity contribution >= 4 is 63.7 Å². The number of fused-ring (bicyclic) bond motifs is 4. The second-order valence-corrected chi connectivity index (χ2v) is 32.2. The predicted octanol–water partition coefficient (Wildman–Crippen LogP) is 7.91. The highest BCUT2D eigenvalue weighted by molar-refractivity contribution is 7.90. The first-order valence-electron chi connectivity index (χ1n) is 30.7. The average Bonchev–Trinajstić information content (AvgIpc) is 1.16. The van der Waals surface area contributed by atoms with Crippen LogP contribution in [0.4, 0.5) is 4.39 Å². The van der Waals surface area contributed by atoms with Gasteiger partial charge in [-0.3, -0.25) is 40.0 Å². The van der Waals surface area contributed by atoms with Gasteiger partial charge in [-0.1, -0.05) is 89.2 Å². The van der Waals surface area contributed by atoms with Gasteiger partial charge in [-0.15, -0.1) is 0 Å². The maximum atomic E-state index is 14.2. The topological polar surface area (TPSA) is 365 Å². The van der Waals surface area contributed by atoms with Crippen LogP contribution in [0.2, 0.25) is 0 Å². The van der Waals surface area contributed by atoms with Crippen molar-refractivity contribution in [3.63, 3.8) is 0 Å². The Morgan fingerprint density at radius 1 is 0.459 bits per heavy atom. The molecule has 0 aromatic heterocycles. The quantitative estimate of drug-likeness (QED) is 0.0317. The lowest BCUT2D eigenvalue weighted by Gasteiger charge is -2.28. The molecule has 0 saturated carbocycles. The van der Waals surface area contributed by atoms with Crippen molar-refractivity contribution in [2.24, 2.45) is 0 Å². The molecular weight excluding hydrogens is 1350 g/mol. The fourth-order valence-electron chi connectivity index (χ4n) is 11.4. The van der Waals surface area contributed by atoms with E-state index in [-0.39, 0.29) is 90.1 Å². The number of amides is 4. The van der Waals surface area contributed by atoms with Gasteiger partial charge in [-0.25, -0.2) is 60.0 Å². The third-order valence-corrected chi connectivity index (χ3v) is 24.3. The number of nitrogens with one attached hydrogen (secondary N) is 4. The van der Waals surface area contributed by atoms with Crippen molar-refractivity contribution in [1.29, 1.82) is 0 Å². The van der Waals surface area contributed by atoms with E-state index >= 15 is 0 Å². The minimum atomic E-state index is -3.77. The molecule has 26 nitrogen and oxygen atoms in total. The average molecular weight is 1430 g/mol. The molecule has 0 fully saturated rings. The number of halogens is 1. The molecule has 98 heavy (non-hydrogen) atoms. The van der Waals surface area contributed by atoms with Gasteiger partial charge in [-0.05, 0) is 159 Å². The number of ether oxygens (including phenoxy) is 2. The van der Waals surface area contributed by atoms with Crippen molar-refractivity contribution in [3.05, 3.63) is 212 Å². The molecule has 0 spiro atoms. The summed E-state index contributed by atoms with van der Waals surface area (Å²) in [6.07, 6.45) is 1.31. The van der Waals surface area contributed by atoms with Crippen LogP contribution in [0, 0.1) is 5.82 Å². The first-order valence-corrected chi connectivity index (χ1v) is 36.8. The van der Waals surface area contributed by atoms with Gasteiger partial charge in [0, 0.05) is 74.6 Å². The van der Waals surface area contributed by atoms with E-state index in [9.17, 15) is 57.2 Å². The number of carbonyl (C=O) groups excluding carboxylic acids is 4. The fraction of sp³-hybridized carbons (Fsp3) is 0.313. The van der Waals surface area contributed by atoms with Gasteiger partial charge in [0.1, 0.15) is 17.3 Å². The summed E-state index contributed by atoms with van der Waals surface area (Å²) in [6.45, 7) is 11.5. The Hall–Kier alpha value is -8.57. The Morgan fingerprint density at radius 2 is 0.878 bits per heavy atom. The van der Waals surface area contributed by atoms with E-state index in [1.807, 2.05) is 43.3 Å². The van der Waals surface area contributed by atoms with Crippen LogP contribution in [-0.4, -0.2) is 128 Å². The number of benzene rings is 7. The summed E-state index contributed by atoms with van der Waals surface area (Å²) < 4.78 is 131. The van der Waals surface area contributed by atoms with Gasteiger partial charge in [0.2, 0.25) is 40.1 Å². The van der Waals surface area contributed by atoms with E-state index < -0.39 is 69.5 Å². The minimum absolute atomic E-state index is 0.0458. The summed E-state index contributed by atoms with van der Waals surface area (Å²) in [5, 5.41) is 34.8. The van der Waals surface area contributed by atoms with Crippen LogP contribution in [0.5, 0.6) is 11.5 Å². The first kappa shape index (κ1) is 75.2. The summed E-state index contributed by atoms with van der Waals surface area (Å²) in [5.74, 6) is -2.19. The lowest BCUT2D eigenvalue weighted by Crippen LogP contribution is -2.38. The van der Waals surface area contributed by atoms with Gasteiger partial charge in [0.15, 0.2) is 0 Å². The van der Waals surface area contributed by atoms with Gasteiger partial charge >= 0.3 is 0 Å². The van der Waals surface area contributed by atoms with Crippen LogP contribution in [0.3, 0.4) is 0 Å². The summed E-state index contributed by atoms with van der Waals surface area (Å²) in [4.78, 5) is 46.4. The van der Waals surface area contributed by atoms with E-state index in [4.69, 9.17) is 30.3 Å². The SMILES string of the molecule is CC(C)(C)c1ccc(S(=O)(=O)N2Cc3ccc(C(=O)NO)cc3C2)cc1.CCCS(=O)(=O)N1CCc2c(ccc(C(=O)NO)c2F)C1.CCCS(=O)(=O)N1Cc2ccc(C(=O)NO)cc2C1.COc1ccc(-c2ccc(S(=O)(=O)N3Cc4cc(C(=O)NO)cc(OC)c4C3)cc2)cc1. The van der Waals surface area contributed by atoms with E-state index in [0.717, 1.165) is 44.7 Å². The Bertz CT molecular complexity index is 4600. The van der Waals surface area contributed by atoms with Gasteiger partial charge < -0.3 is 9.47 Å². The zero-order valence-electron chi connectivity index (χ0n) is 54.7. The van der Waals surface area contributed by atoms with Crippen LogP contribution in [0.25, 0.3) is 11.1 Å². The molecule has 0 saturated heterocycles. The molecule has 11 rings (SSSR count). The highest BCUT2D eigenvalue weighted by Crippen LogP contribution is 2.37. The van der Waals surface area contributed by atoms with Crippen LogP contribution in [0.15, 0.2) is 143 Å². The maximum absolute atomic E-state index is 14.2. The molecule has 7 aromatic rings. The van der Waals surface area contributed by atoms with Gasteiger partial charge in [0.05, 0.1) is 41.1 Å². The molecule has 0 bridgehead atoms. The van der Waals surface area contributed by atoms with Gasteiger partial charge in [0.25, 0.3) is 23.6 Å². The molecule has 8 N–H and O–H groups in total. The number of hydroxylamine groups is 4. The van der Waals surface area contributed by atoms with Crippen LogP contribution >= 0.6 is 0 Å². The number of carbonyl (C=O) groups is 4. The number of sulfonamides is 4. The molecule has 524 valence electrons. The summed E-state index contributed by atoms with van der Waals surface area (Å²) >= 11 is 0. The Labute approximate surface area is 568 Å². The second kappa shape index (κ2) is 31.5. The number of rotatable bonds is 17. The second-order valence-electron chi connectivity index (χ2n) is 24.2. The number of nitrogens with zero attached hydrogens (tertiary/aromatic N) is 4. The molecule has 0 radical (unpaired) electrons. The highest BCUT2D eigenvalue weighted by atomic mass is 32.2. The molecule has 0 aliphatic carbocycles. The molecule has 7 aromatic carbocycles. The van der Waals surface area contributed by atoms with Crippen LogP contribution in [0.1, 0.15) is 139 Å². The summed E-state index contributed by atoms with van der Waals surface area (Å²) in [7, 11) is -10.9. The van der Waals surface area contributed by atoms with Crippen molar-refractivity contribution in [1.82, 2.24) is 39.1 Å². The standard InChI is InChI=1S/C23H22N2O6S.C19H22N2O4S.C13H17FN2O4S.C12H16N2O4S/c1-30-19-7-3-15(4-8-19)16-5-9-20(10-6-16)32(28,29)25-13-18-11-17(23(26)24-27)12-22(31-2)21(18)14-25;1-19(2,3)16-6-8-17(9-7-16)26(24,25)21-11-14-5-4-13(18(22)20-23)10-15(14)12-21;1-2-7-21(19,20)16-6-5-10-9(8-16)3-4-11(12(10)14)13(17)15-18;1-2-5-19(17,18)14-7-10-4-3-9(12(15)13-16)6-11(10)8-14/h3-12,27H,13-14H2,1-2H3,(H,24,26);4-10,23H,11-12H2,1-3H3,(H,20,22);3-4,18H,2,5-8H2,1H3,(H,15,17);3-4,6,16H,2,5,7-8H2,1H3,(H,13,15). The van der Waals surface area contributed by atoms with Crippen molar-refractivity contribution in [3.8, 4) is 22.6 Å². The minimum Gasteiger partial charge on any atom is -0.497 e. The number of methoxy groups -OCH3 is 2. The lowest BCUT2D eigenvalue weighted by atomic mass is 9.87. The largest absolute Gasteiger partial charge is 0.497 e. The fourth-order valence-corrected chi connectivity index (χ4v) is 17.1. The number of hydrogen-bond donors (Lipinski definition) is 8. The Morgan fingerprint density at radius 3 is 1.37 bits per heavy atom. The zero-order valence-corrected chi connectivity index (χ0v) is 58.0. The Kier molecular flexibility index (Phi) is 24.2. The number of hydrogen-bond acceptors (Lipinski definition) is 18.